The number of anilines is 1. The molecular formula is C25H26ClN3O5. The largest absolute Gasteiger partial charge is 0.505 e. The van der Waals surface area contributed by atoms with Gasteiger partial charge in [-0.3, -0.25) is 9.59 Å². The Kier molecular flexibility index (Phi) is 7.63. The number of hydrogen-bond donors (Lipinski definition) is 4. The number of aliphatic carboxylic acids is 1. The molecule has 4 N–H and O–H groups in total. The van der Waals surface area contributed by atoms with Crippen molar-refractivity contribution in [3.8, 4) is 5.75 Å². The standard InChI is InChI=1S/C25H26ClN3O5/c1-14-8-9-17(10-15(14)2)20(11-21(30)31)27-25(34)28-22-23(32)16(3)12-29(24(22)33)13-18-6-4-5-7-19(18)26/h4-10,12,20,32H,11,13H2,1-3H3,(H,30,31)(H2,27,28,34)/t20-/m0/s1. The third-order valence-electron chi connectivity index (χ3n) is 5.59. The van der Waals surface area contributed by atoms with Gasteiger partial charge in [0.1, 0.15) is 5.75 Å². The number of nitrogens with one attached hydrogen (secondary N) is 2. The Labute approximate surface area is 201 Å². The third-order valence-corrected chi connectivity index (χ3v) is 5.96. The van der Waals surface area contributed by atoms with Gasteiger partial charge in [0, 0.05) is 16.8 Å². The zero-order valence-electron chi connectivity index (χ0n) is 19.1. The molecule has 2 amide bonds. The summed E-state index contributed by atoms with van der Waals surface area (Å²) < 4.78 is 1.34. The Bertz CT molecular complexity index is 1300. The van der Waals surface area contributed by atoms with Crippen molar-refractivity contribution in [2.24, 2.45) is 0 Å². The molecule has 1 atom stereocenters. The van der Waals surface area contributed by atoms with Crippen LogP contribution in [0.5, 0.6) is 5.75 Å². The van der Waals surface area contributed by atoms with Crippen molar-refractivity contribution >= 4 is 29.3 Å². The molecule has 178 valence electrons. The number of benzene rings is 2. The van der Waals surface area contributed by atoms with Crippen molar-refractivity contribution in [3.63, 3.8) is 0 Å². The molecule has 1 aromatic heterocycles. The molecule has 0 bridgehead atoms. The number of nitrogens with zero attached hydrogens (tertiary/aromatic N) is 1. The SMILES string of the molecule is Cc1ccc([C@H](CC(=O)O)NC(=O)Nc2c(O)c(C)cn(Cc3ccccc3Cl)c2=O)cc1C. The molecule has 0 aliphatic heterocycles. The number of carbonyl (C=O) groups excluding carboxylic acids is 1. The fourth-order valence-electron chi connectivity index (χ4n) is 3.55. The number of aromatic nitrogens is 1. The fourth-order valence-corrected chi connectivity index (χ4v) is 3.75. The van der Waals surface area contributed by atoms with Gasteiger partial charge >= 0.3 is 12.0 Å². The number of rotatable bonds is 7. The van der Waals surface area contributed by atoms with Crippen molar-refractivity contribution in [1.29, 1.82) is 0 Å². The predicted molar refractivity (Wildman–Crippen MR) is 131 cm³/mol. The molecule has 0 saturated heterocycles. The van der Waals surface area contributed by atoms with Crippen LogP contribution in [0.2, 0.25) is 5.02 Å². The van der Waals surface area contributed by atoms with Crippen molar-refractivity contribution < 1.29 is 19.8 Å². The number of hydrogen-bond acceptors (Lipinski definition) is 4. The highest BCUT2D eigenvalue weighted by atomic mass is 35.5. The highest BCUT2D eigenvalue weighted by Crippen LogP contribution is 2.25. The minimum atomic E-state index is -1.09. The Morgan fingerprint density at radius 1 is 1.06 bits per heavy atom. The normalized spacial score (nSPS) is 11.6. The summed E-state index contributed by atoms with van der Waals surface area (Å²) >= 11 is 6.21. The van der Waals surface area contributed by atoms with E-state index in [-0.39, 0.29) is 24.4 Å². The Hall–Kier alpha value is -3.78. The number of halogens is 1. The van der Waals surface area contributed by atoms with Crippen LogP contribution in [0, 0.1) is 20.8 Å². The van der Waals surface area contributed by atoms with E-state index in [1.54, 1.807) is 37.3 Å². The zero-order valence-corrected chi connectivity index (χ0v) is 19.8. The van der Waals surface area contributed by atoms with Gasteiger partial charge in [-0.1, -0.05) is 48.0 Å². The number of carboxylic acid groups (broad SMARTS) is 1. The van der Waals surface area contributed by atoms with Crippen LogP contribution in [0.4, 0.5) is 10.5 Å². The van der Waals surface area contributed by atoms with Crippen LogP contribution in [0.15, 0.2) is 53.5 Å². The first-order valence-corrected chi connectivity index (χ1v) is 11.0. The summed E-state index contributed by atoms with van der Waals surface area (Å²) in [6.07, 6.45) is 1.12. The van der Waals surface area contributed by atoms with E-state index in [0.29, 0.717) is 21.7 Å². The number of carboxylic acids is 1. The zero-order chi connectivity index (χ0) is 25.0. The first-order chi connectivity index (χ1) is 16.1. The molecule has 3 aromatic rings. The van der Waals surface area contributed by atoms with Gasteiger partial charge in [0.25, 0.3) is 5.56 Å². The van der Waals surface area contributed by atoms with Gasteiger partial charge in [-0.05, 0) is 49.1 Å². The Morgan fingerprint density at radius 3 is 2.41 bits per heavy atom. The van der Waals surface area contributed by atoms with Gasteiger partial charge in [0.2, 0.25) is 0 Å². The molecule has 0 aliphatic rings. The topological polar surface area (TPSA) is 121 Å². The van der Waals surface area contributed by atoms with Crippen molar-refractivity contribution in [1.82, 2.24) is 9.88 Å². The number of amides is 2. The van der Waals surface area contributed by atoms with Gasteiger partial charge in [0.05, 0.1) is 19.0 Å². The van der Waals surface area contributed by atoms with Gasteiger partial charge in [0.15, 0.2) is 5.69 Å². The second-order valence-corrected chi connectivity index (χ2v) is 8.56. The average Bonchev–Trinajstić information content (AvgIpc) is 2.77. The van der Waals surface area contributed by atoms with Crippen LogP contribution in [0.1, 0.15) is 40.3 Å². The lowest BCUT2D eigenvalue weighted by Gasteiger charge is -2.20. The molecule has 0 radical (unpaired) electrons. The number of aromatic hydroxyl groups is 1. The molecule has 34 heavy (non-hydrogen) atoms. The van der Waals surface area contributed by atoms with E-state index in [9.17, 15) is 24.6 Å². The monoisotopic (exact) mass is 483 g/mol. The lowest BCUT2D eigenvalue weighted by molar-refractivity contribution is -0.137. The van der Waals surface area contributed by atoms with Gasteiger partial charge < -0.3 is 25.4 Å². The van der Waals surface area contributed by atoms with E-state index in [4.69, 9.17) is 11.6 Å². The van der Waals surface area contributed by atoms with Gasteiger partial charge in [-0.2, -0.15) is 0 Å². The summed E-state index contributed by atoms with van der Waals surface area (Å²) in [5.41, 5.74) is 2.74. The van der Waals surface area contributed by atoms with E-state index in [0.717, 1.165) is 11.1 Å². The van der Waals surface area contributed by atoms with Crippen molar-refractivity contribution in [2.75, 3.05) is 5.32 Å². The summed E-state index contributed by atoms with van der Waals surface area (Å²) in [5.74, 6) is -1.46. The highest BCUT2D eigenvalue weighted by molar-refractivity contribution is 6.31. The number of carbonyl (C=O) groups is 2. The van der Waals surface area contributed by atoms with E-state index >= 15 is 0 Å². The molecule has 0 aliphatic carbocycles. The summed E-state index contributed by atoms with van der Waals surface area (Å²) in [6.45, 7) is 5.56. The van der Waals surface area contributed by atoms with Crippen LogP contribution in [0.3, 0.4) is 0 Å². The second kappa shape index (κ2) is 10.4. The maximum atomic E-state index is 13.0. The van der Waals surface area contributed by atoms with Crippen LogP contribution in [-0.4, -0.2) is 26.8 Å². The molecule has 1 heterocycles. The molecule has 9 heteroatoms. The minimum Gasteiger partial charge on any atom is -0.505 e. The average molecular weight is 484 g/mol. The number of aryl methyl sites for hydroxylation is 3. The second-order valence-electron chi connectivity index (χ2n) is 8.15. The number of pyridine rings is 1. The quantitative estimate of drug-likeness (QED) is 0.394. The van der Waals surface area contributed by atoms with Crippen molar-refractivity contribution in [2.45, 2.75) is 39.8 Å². The third kappa shape index (κ3) is 5.77. The smallest absolute Gasteiger partial charge is 0.319 e. The minimum absolute atomic E-state index is 0.139. The molecule has 3 rings (SSSR count). The lowest BCUT2D eigenvalue weighted by Crippen LogP contribution is -2.36. The molecule has 0 fully saturated rings. The van der Waals surface area contributed by atoms with Crippen molar-refractivity contribution in [3.05, 3.63) is 91.9 Å². The van der Waals surface area contributed by atoms with E-state index in [1.165, 1.54) is 10.8 Å². The maximum absolute atomic E-state index is 13.0. The first kappa shape index (κ1) is 24.9. The molecule has 8 nitrogen and oxygen atoms in total. The summed E-state index contributed by atoms with van der Waals surface area (Å²) in [5, 5.41) is 25.3. The fraction of sp³-hybridized carbons (Fsp3) is 0.240. The predicted octanol–water partition coefficient (Wildman–Crippen LogP) is 4.52. The summed E-state index contributed by atoms with van der Waals surface area (Å²) in [7, 11) is 0. The highest BCUT2D eigenvalue weighted by Gasteiger charge is 2.21. The van der Waals surface area contributed by atoms with Crippen LogP contribution < -0.4 is 16.2 Å². The maximum Gasteiger partial charge on any atom is 0.319 e. The van der Waals surface area contributed by atoms with Gasteiger partial charge in [-0.25, -0.2) is 4.79 Å². The summed E-state index contributed by atoms with van der Waals surface area (Å²) in [4.78, 5) is 37.2. The lowest BCUT2D eigenvalue weighted by atomic mass is 9.99. The molecular weight excluding hydrogens is 458 g/mol. The number of urea groups is 1. The Balaban J connectivity index is 1.88. The summed E-state index contributed by atoms with van der Waals surface area (Å²) in [6, 6.07) is 10.8. The molecule has 0 unspecified atom stereocenters. The van der Waals surface area contributed by atoms with Crippen LogP contribution >= 0.6 is 11.6 Å². The van der Waals surface area contributed by atoms with E-state index < -0.39 is 23.6 Å². The first-order valence-electron chi connectivity index (χ1n) is 10.6. The molecule has 0 saturated carbocycles. The van der Waals surface area contributed by atoms with Crippen LogP contribution in [-0.2, 0) is 11.3 Å². The van der Waals surface area contributed by atoms with E-state index in [2.05, 4.69) is 10.6 Å². The van der Waals surface area contributed by atoms with Gasteiger partial charge in [-0.15, -0.1) is 0 Å². The Morgan fingerprint density at radius 2 is 1.76 bits per heavy atom. The molecule has 2 aromatic carbocycles. The molecule has 0 spiro atoms. The van der Waals surface area contributed by atoms with E-state index in [1.807, 2.05) is 26.0 Å². The van der Waals surface area contributed by atoms with Crippen LogP contribution in [0.25, 0.3) is 0 Å².